The first-order valence-electron chi connectivity index (χ1n) is 4.97. The quantitative estimate of drug-likeness (QED) is 0.679. The highest BCUT2D eigenvalue weighted by molar-refractivity contribution is 5.30. The summed E-state index contributed by atoms with van der Waals surface area (Å²) in [4.78, 5) is 2.26. The minimum atomic E-state index is 0.947. The highest BCUT2D eigenvalue weighted by atomic mass is 15.3. The molecule has 15 heavy (non-hydrogen) atoms. The summed E-state index contributed by atoms with van der Waals surface area (Å²) in [6.45, 7) is 1.94. The van der Waals surface area contributed by atoms with Crippen molar-refractivity contribution in [2.24, 2.45) is 7.05 Å². The monoisotopic (exact) mass is 203 g/mol. The molecule has 0 N–H and O–H groups in total. The van der Waals surface area contributed by atoms with Gasteiger partial charge in [-0.2, -0.15) is 10.2 Å². The fourth-order valence-corrected chi connectivity index (χ4v) is 1.97. The fraction of sp³-hybridized carbons (Fsp3) is 0.400. The molecule has 0 atom stereocenters. The first kappa shape index (κ1) is 8.67. The van der Waals surface area contributed by atoms with Gasteiger partial charge in [0.2, 0.25) is 0 Å². The summed E-state index contributed by atoms with van der Waals surface area (Å²) in [6, 6.07) is 0. The summed E-state index contributed by atoms with van der Waals surface area (Å²) in [7, 11) is 4.02. The minimum absolute atomic E-state index is 0.947. The molecule has 0 aromatic carbocycles. The highest BCUT2D eigenvalue weighted by Gasteiger charge is 2.19. The van der Waals surface area contributed by atoms with Gasteiger partial charge >= 0.3 is 0 Å². The van der Waals surface area contributed by atoms with Crippen LogP contribution in [-0.4, -0.2) is 31.5 Å². The van der Waals surface area contributed by atoms with E-state index >= 15 is 0 Å². The van der Waals surface area contributed by atoms with Crippen LogP contribution in [0.25, 0.3) is 5.69 Å². The van der Waals surface area contributed by atoms with Gasteiger partial charge in [-0.25, -0.2) is 4.68 Å². The Morgan fingerprint density at radius 2 is 2.07 bits per heavy atom. The second-order valence-electron chi connectivity index (χ2n) is 4.09. The molecule has 5 heteroatoms. The SMILES string of the molecule is CN1Cc2cn(-c3cnn(C)c3)nc2C1. The van der Waals surface area contributed by atoms with E-state index in [4.69, 9.17) is 0 Å². The van der Waals surface area contributed by atoms with Crippen LogP contribution in [0.15, 0.2) is 18.6 Å². The predicted octanol–water partition coefficient (Wildman–Crippen LogP) is 0.551. The molecular weight excluding hydrogens is 190 g/mol. The fourth-order valence-electron chi connectivity index (χ4n) is 1.97. The van der Waals surface area contributed by atoms with E-state index in [-0.39, 0.29) is 0 Å². The van der Waals surface area contributed by atoms with Crippen LogP contribution in [0.5, 0.6) is 0 Å². The normalized spacial score (nSPS) is 15.9. The van der Waals surface area contributed by atoms with Crippen LogP contribution >= 0.6 is 0 Å². The Bertz CT molecular complexity index is 472. The van der Waals surface area contributed by atoms with Crippen molar-refractivity contribution in [3.63, 3.8) is 0 Å². The van der Waals surface area contributed by atoms with Crippen molar-refractivity contribution in [3.8, 4) is 5.69 Å². The lowest BCUT2D eigenvalue weighted by Gasteiger charge is -2.05. The zero-order chi connectivity index (χ0) is 10.4. The molecule has 2 aromatic heterocycles. The van der Waals surface area contributed by atoms with Crippen LogP contribution in [0, 0.1) is 0 Å². The van der Waals surface area contributed by atoms with Crippen molar-refractivity contribution in [1.82, 2.24) is 24.5 Å². The number of aromatic nitrogens is 4. The molecule has 0 spiro atoms. The zero-order valence-corrected chi connectivity index (χ0v) is 8.88. The van der Waals surface area contributed by atoms with Crippen molar-refractivity contribution in [2.45, 2.75) is 13.1 Å². The van der Waals surface area contributed by atoms with E-state index in [0.29, 0.717) is 0 Å². The third-order valence-electron chi connectivity index (χ3n) is 2.69. The van der Waals surface area contributed by atoms with Crippen LogP contribution in [0.3, 0.4) is 0 Å². The van der Waals surface area contributed by atoms with Gasteiger partial charge in [-0.3, -0.25) is 9.58 Å². The molecule has 0 fully saturated rings. The molecule has 0 bridgehead atoms. The Hall–Kier alpha value is -1.62. The van der Waals surface area contributed by atoms with Crippen LogP contribution in [-0.2, 0) is 20.1 Å². The molecule has 0 unspecified atom stereocenters. The summed E-state index contributed by atoms with van der Waals surface area (Å²) in [6.07, 6.45) is 5.88. The lowest BCUT2D eigenvalue weighted by molar-refractivity contribution is 0.347. The van der Waals surface area contributed by atoms with E-state index in [0.717, 1.165) is 18.8 Å². The number of nitrogens with zero attached hydrogens (tertiary/aromatic N) is 5. The van der Waals surface area contributed by atoms with Crippen molar-refractivity contribution in [2.75, 3.05) is 7.05 Å². The first-order chi connectivity index (χ1) is 7.22. The molecule has 0 aliphatic carbocycles. The second-order valence-corrected chi connectivity index (χ2v) is 4.09. The van der Waals surface area contributed by atoms with E-state index in [1.165, 1.54) is 11.3 Å². The van der Waals surface area contributed by atoms with Crippen LogP contribution < -0.4 is 0 Å². The van der Waals surface area contributed by atoms with Gasteiger partial charge in [0.15, 0.2) is 0 Å². The molecule has 1 aliphatic rings. The lowest BCUT2D eigenvalue weighted by Crippen LogP contribution is -2.10. The van der Waals surface area contributed by atoms with Gasteiger partial charge in [-0.15, -0.1) is 0 Å². The summed E-state index contributed by atoms with van der Waals surface area (Å²) in [5.74, 6) is 0. The molecule has 0 saturated heterocycles. The molecule has 78 valence electrons. The van der Waals surface area contributed by atoms with Crippen LogP contribution in [0.1, 0.15) is 11.3 Å². The maximum absolute atomic E-state index is 4.55. The van der Waals surface area contributed by atoms with E-state index in [1.54, 1.807) is 4.68 Å². The molecule has 3 rings (SSSR count). The van der Waals surface area contributed by atoms with Crippen molar-refractivity contribution >= 4 is 0 Å². The lowest BCUT2D eigenvalue weighted by atomic mass is 10.3. The number of hydrogen-bond donors (Lipinski definition) is 0. The van der Waals surface area contributed by atoms with Gasteiger partial charge in [-0.1, -0.05) is 0 Å². The smallest absolute Gasteiger partial charge is 0.102 e. The first-order valence-corrected chi connectivity index (χ1v) is 4.97. The maximum Gasteiger partial charge on any atom is 0.102 e. The molecule has 2 aromatic rings. The molecule has 5 nitrogen and oxygen atoms in total. The second kappa shape index (κ2) is 2.93. The molecule has 1 aliphatic heterocycles. The Morgan fingerprint density at radius 1 is 1.20 bits per heavy atom. The molecule has 0 saturated carbocycles. The topological polar surface area (TPSA) is 38.9 Å². The van der Waals surface area contributed by atoms with E-state index < -0.39 is 0 Å². The van der Waals surface area contributed by atoms with Gasteiger partial charge in [0, 0.05) is 31.9 Å². The standard InChI is InChI=1S/C10H13N5/c1-13-4-8-5-15(12-10(8)7-13)9-3-11-14(2)6-9/h3,5-6H,4,7H2,1-2H3. The van der Waals surface area contributed by atoms with E-state index in [2.05, 4.69) is 28.3 Å². The average molecular weight is 203 g/mol. The molecule has 3 heterocycles. The summed E-state index contributed by atoms with van der Waals surface area (Å²) in [5, 5.41) is 8.68. The largest absolute Gasteiger partial charge is 0.296 e. The average Bonchev–Trinajstić information content (AvgIpc) is 2.78. The number of hydrogen-bond acceptors (Lipinski definition) is 3. The molecule has 0 radical (unpaired) electrons. The van der Waals surface area contributed by atoms with Crippen molar-refractivity contribution in [3.05, 3.63) is 29.8 Å². The molecular formula is C10H13N5. The zero-order valence-electron chi connectivity index (χ0n) is 8.88. The van der Waals surface area contributed by atoms with E-state index in [1.807, 2.05) is 24.1 Å². The minimum Gasteiger partial charge on any atom is -0.296 e. The van der Waals surface area contributed by atoms with Crippen molar-refractivity contribution in [1.29, 1.82) is 0 Å². The van der Waals surface area contributed by atoms with Gasteiger partial charge in [0.05, 0.1) is 18.1 Å². The Labute approximate surface area is 87.9 Å². The highest BCUT2D eigenvalue weighted by Crippen LogP contribution is 2.20. The number of rotatable bonds is 1. The summed E-state index contributed by atoms with van der Waals surface area (Å²) < 4.78 is 3.69. The molecule has 0 amide bonds. The Kier molecular flexibility index (Phi) is 1.70. The Morgan fingerprint density at radius 3 is 2.73 bits per heavy atom. The van der Waals surface area contributed by atoms with Gasteiger partial charge in [0.1, 0.15) is 5.69 Å². The summed E-state index contributed by atoms with van der Waals surface area (Å²) >= 11 is 0. The van der Waals surface area contributed by atoms with Crippen LogP contribution in [0.4, 0.5) is 0 Å². The third kappa shape index (κ3) is 1.35. The summed E-state index contributed by atoms with van der Waals surface area (Å²) in [5.41, 5.74) is 3.53. The van der Waals surface area contributed by atoms with Gasteiger partial charge in [0.25, 0.3) is 0 Å². The van der Waals surface area contributed by atoms with Crippen molar-refractivity contribution < 1.29 is 0 Å². The van der Waals surface area contributed by atoms with Crippen LogP contribution in [0.2, 0.25) is 0 Å². The van der Waals surface area contributed by atoms with Gasteiger partial charge < -0.3 is 0 Å². The maximum atomic E-state index is 4.55. The van der Waals surface area contributed by atoms with E-state index in [9.17, 15) is 0 Å². The number of fused-ring (bicyclic) bond motifs is 1. The third-order valence-corrected chi connectivity index (χ3v) is 2.69. The Balaban J connectivity index is 1.99. The van der Waals surface area contributed by atoms with Gasteiger partial charge in [-0.05, 0) is 7.05 Å². The predicted molar refractivity (Wildman–Crippen MR) is 55.5 cm³/mol. The number of aryl methyl sites for hydroxylation is 1.